The van der Waals surface area contributed by atoms with Crippen molar-refractivity contribution in [1.29, 1.82) is 0 Å². The second-order valence-electron chi connectivity index (χ2n) is 5.44. The van der Waals surface area contributed by atoms with Gasteiger partial charge in [-0.3, -0.25) is 0 Å². The van der Waals surface area contributed by atoms with E-state index in [0.717, 1.165) is 22.3 Å². The van der Waals surface area contributed by atoms with Crippen molar-refractivity contribution in [3.63, 3.8) is 0 Å². The number of nitrogens with zero attached hydrogens (tertiary/aromatic N) is 3. The van der Waals surface area contributed by atoms with Gasteiger partial charge in [0.25, 0.3) is 0 Å². The maximum atomic E-state index is 11.9. The van der Waals surface area contributed by atoms with Gasteiger partial charge in [-0.15, -0.1) is 10.2 Å². The Morgan fingerprint density at radius 2 is 1.81 bits per heavy atom. The van der Waals surface area contributed by atoms with Crippen LogP contribution in [0.5, 0.6) is 5.75 Å². The number of carbonyl (C=O) groups is 1. The molecule has 0 spiro atoms. The number of ether oxygens (including phenoxy) is 2. The van der Waals surface area contributed by atoms with Gasteiger partial charge < -0.3 is 14.0 Å². The maximum Gasteiger partial charge on any atom is 0.338 e. The number of carbonyl (C=O) groups excluding carboxylic acids is 1. The van der Waals surface area contributed by atoms with Crippen molar-refractivity contribution in [3.8, 4) is 17.1 Å². The molecule has 3 rings (SSSR count). The summed E-state index contributed by atoms with van der Waals surface area (Å²) in [6.45, 7) is 0.309. The molecule has 0 aliphatic heterocycles. The van der Waals surface area contributed by atoms with Crippen LogP contribution in [0.2, 0.25) is 0 Å². The highest BCUT2D eigenvalue weighted by molar-refractivity contribution is 7.99. The normalized spacial score (nSPS) is 10.5. The lowest BCUT2D eigenvalue weighted by molar-refractivity contribution is 0.0530. The Morgan fingerprint density at radius 1 is 1.08 bits per heavy atom. The van der Waals surface area contributed by atoms with E-state index in [1.165, 1.54) is 11.8 Å². The minimum Gasteiger partial charge on any atom is -0.497 e. The molecule has 0 fully saturated rings. The molecular weight excluding hydrogens is 350 g/mol. The predicted octanol–water partition coefficient (Wildman–Crippen LogP) is 3.44. The Hall–Kier alpha value is -2.80. The topological polar surface area (TPSA) is 66.2 Å². The van der Waals surface area contributed by atoms with Gasteiger partial charge in [0, 0.05) is 18.4 Å². The molecule has 0 amide bonds. The summed E-state index contributed by atoms with van der Waals surface area (Å²) < 4.78 is 12.4. The molecule has 1 heterocycles. The Balaban J connectivity index is 1.54. The molecule has 0 saturated carbocycles. The summed E-state index contributed by atoms with van der Waals surface area (Å²) in [5, 5.41) is 9.23. The predicted molar refractivity (Wildman–Crippen MR) is 100 cm³/mol. The molecule has 0 radical (unpaired) electrons. The van der Waals surface area contributed by atoms with E-state index >= 15 is 0 Å². The zero-order valence-electron chi connectivity index (χ0n) is 14.6. The average Bonchev–Trinajstić information content (AvgIpc) is 3.06. The Morgan fingerprint density at radius 3 is 2.50 bits per heavy atom. The van der Waals surface area contributed by atoms with Crippen LogP contribution >= 0.6 is 11.8 Å². The number of methoxy groups -OCH3 is 1. The third-order valence-electron chi connectivity index (χ3n) is 3.74. The molecule has 1 aromatic heterocycles. The SMILES string of the molecule is COc1ccc(-c2nnc(SCCOC(=O)c3ccccc3)n2C)cc1. The maximum absolute atomic E-state index is 11.9. The van der Waals surface area contributed by atoms with Crippen LogP contribution in [-0.2, 0) is 11.8 Å². The van der Waals surface area contributed by atoms with Gasteiger partial charge in [0.1, 0.15) is 12.4 Å². The summed E-state index contributed by atoms with van der Waals surface area (Å²) >= 11 is 1.49. The third kappa shape index (κ3) is 4.23. The average molecular weight is 369 g/mol. The van der Waals surface area contributed by atoms with Crippen LogP contribution in [0.25, 0.3) is 11.4 Å². The minimum atomic E-state index is -0.317. The number of hydrogen-bond acceptors (Lipinski definition) is 6. The summed E-state index contributed by atoms with van der Waals surface area (Å²) in [6, 6.07) is 16.6. The highest BCUT2D eigenvalue weighted by Gasteiger charge is 2.12. The molecule has 2 aromatic carbocycles. The first-order chi connectivity index (χ1) is 12.7. The smallest absolute Gasteiger partial charge is 0.338 e. The van der Waals surface area contributed by atoms with Gasteiger partial charge in [0.05, 0.1) is 12.7 Å². The van der Waals surface area contributed by atoms with Gasteiger partial charge in [-0.25, -0.2) is 4.79 Å². The highest BCUT2D eigenvalue weighted by Crippen LogP contribution is 2.24. The number of thioether (sulfide) groups is 1. The second-order valence-corrected chi connectivity index (χ2v) is 6.51. The van der Waals surface area contributed by atoms with E-state index in [1.54, 1.807) is 19.2 Å². The van der Waals surface area contributed by atoms with Crippen LogP contribution in [0, 0.1) is 0 Å². The number of aromatic nitrogens is 3. The molecular formula is C19H19N3O3S. The molecule has 0 unspecified atom stereocenters. The van der Waals surface area contributed by atoms with Crippen molar-refractivity contribution in [2.75, 3.05) is 19.5 Å². The molecule has 134 valence electrons. The van der Waals surface area contributed by atoms with Crippen LogP contribution in [0.1, 0.15) is 10.4 Å². The first-order valence-electron chi connectivity index (χ1n) is 8.08. The van der Waals surface area contributed by atoms with Crippen LogP contribution in [0.4, 0.5) is 0 Å². The standard InChI is InChI=1S/C19H19N3O3S/c1-22-17(14-8-10-16(24-2)11-9-14)20-21-19(22)26-13-12-25-18(23)15-6-4-3-5-7-15/h3-11H,12-13H2,1-2H3. The van der Waals surface area contributed by atoms with Crippen molar-refractivity contribution in [1.82, 2.24) is 14.8 Å². The number of benzene rings is 2. The van der Waals surface area contributed by atoms with E-state index in [9.17, 15) is 4.79 Å². The van der Waals surface area contributed by atoms with Gasteiger partial charge in [-0.2, -0.15) is 0 Å². The van der Waals surface area contributed by atoms with Gasteiger partial charge in [-0.05, 0) is 36.4 Å². The van der Waals surface area contributed by atoms with E-state index in [2.05, 4.69) is 10.2 Å². The van der Waals surface area contributed by atoms with Crippen LogP contribution in [0.15, 0.2) is 59.8 Å². The number of hydrogen-bond donors (Lipinski definition) is 0. The molecule has 0 atom stereocenters. The fourth-order valence-corrected chi connectivity index (χ4v) is 3.08. The van der Waals surface area contributed by atoms with Crippen LogP contribution in [-0.4, -0.2) is 40.2 Å². The zero-order valence-corrected chi connectivity index (χ0v) is 15.4. The van der Waals surface area contributed by atoms with E-state index in [-0.39, 0.29) is 5.97 Å². The molecule has 6 nitrogen and oxygen atoms in total. The Labute approximate surface area is 156 Å². The van der Waals surface area contributed by atoms with E-state index in [0.29, 0.717) is 17.9 Å². The van der Waals surface area contributed by atoms with Gasteiger partial charge in [0.15, 0.2) is 11.0 Å². The highest BCUT2D eigenvalue weighted by atomic mass is 32.2. The van der Waals surface area contributed by atoms with Crippen LogP contribution in [0.3, 0.4) is 0 Å². The lowest BCUT2D eigenvalue weighted by atomic mass is 10.2. The first-order valence-corrected chi connectivity index (χ1v) is 9.06. The number of esters is 1. The zero-order chi connectivity index (χ0) is 18.4. The molecule has 0 saturated heterocycles. The summed E-state index contributed by atoms with van der Waals surface area (Å²) in [5.41, 5.74) is 1.51. The molecule has 0 N–H and O–H groups in total. The summed E-state index contributed by atoms with van der Waals surface area (Å²) in [4.78, 5) is 11.9. The molecule has 0 aliphatic carbocycles. The van der Waals surface area contributed by atoms with Crippen molar-refractivity contribution in [2.45, 2.75) is 5.16 Å². The Bertz CT molecular complexity index is 863. The first kappa shape index (κ1) is 18.0. The van der Waals surface area contributed by atoms with E-state index < -0.39 is 0 Å². The fraction of sp³-hybridized carbons (Fsp3) is 0.211. The number of rotatable bonds is 7. The summed E-state index contributed by atoms with van der Waals surface area (Å²) in [7, 11) is 3.55. The van der Waals surface area contributed by atoms with Crippen molar-refractivity contribution >= 4 is 17.7 Å². The molecule has 0 aliphatic rings. The minimum absolute atomic E-state index is 0.309. The van der Waals surface area contributed by atoms with Gasteiger partial charge >= 0.3 is 5.97 Å². The summed E-state index contributed by atoms with van der Waals surface area (Å²) in [6.07, 6.45) is 0. The monoisotopic (exact) mass is 369 g/mol. The third-order valence-corrected chi connectivity index (χ3v) is 4.72. The lowest BCUT2D eigenvalue weighted by Gasteiger charge is -2.06. The lowest BCUT2D eigenvalue weighted by Crippen LogP contribution is -2.08. The summed E-state index contributed by atoms with van der Waals surface area (Å²) in [5.74, 6) is 1.86. The molecule has 26 heavy (non-hydrogen) atoms. The van der Waals surface area contributed by atoms with E-state index in [4.69, 9.17) is 9.47 Å². The van der Waals surface area contributed by atoms with Crippen molar-refractivity contribution in [2.24, 2.45) is 7.05 Å². The molecule has 0 bridgehead atoms. The largest absolute Gasteiger partial charge is 0.497 e. The molecule has 3 aromatic rings. The van der Waals surface area contributed by atoms with Gasteiger partial charge in [0.2, 0.25) is 0 Å². The fourth-order valence-electron chi connectivity index (χ4n) is 2.36. The second kappa shape index (κ2) is 8.53. The Kier molecular flexibility index (Phi) is 5.91. The van der Waals surface area contributed by atoms with E-state index in [1.807, 2.05) is 54.1 Å². The van der Waals surface area contributed by atoms with Gasteiger partial charge in [-0.1, -0.05) is 30.0 Å². The van der Waals surface area contributed by atoms with Crippen molar-refractivity contribution < 1.29 is 14.3 Å². The van der Waals surface area contributed by atoms with Crippen LogP contribution < -0.4 is 4.74 Å². The molecule has 7 heteroatoms. The van der Waals surface area contributed by atoms with Crippen molar-refractivity contribution in [3.05, 3.63) is 60.2 Å². The quantitative estimate of drug-likeness (QED) is 0.361.